The van der Waals surface area contributed by atoms with Crippen molar-refractivity contribution in [3.8, 4) is 0 Å². The van der Waals surface area contributed by atoms with Crippen molar-refractivity contribution in [2.45, 2.75) is 50.6 Å². The lowest BCUT2D eigenvalue weighted by Crippen LogP contribution is -2.38. The molecule has 0 aliphatic heterocycles. The van der Waals surface area contributed by atoms with E-state index >= 15 is 0 Å². The van der Waals surface area contributed by atoms with Crippen LogP contribution in [0.1, 0.15) is 44.0 Å². The third kappa shape index (κ3) is 5.82. The van der Waals surface area contributed by atoms with Crippen molar-refractivity contribution >= 4 is 21.9 Å². The molecule has 25 heavy (non-hydrogen) atoms. The maximum absolute atomic E-state index is 12.1. The molecule has 0 bridgehead atoms. The number of ether oxygens (including phenoxy) is 1. The summed E-state index contributed by atoms with van der Waals surface area (Å²) in [6.45, 7) is 5.45. The van der Waals surface area contributed by atoms with Gasteiger partial charge in [0.2, 0.25) is 10.0 Å². The zero-order valence-corrected chi connectivity index (χ0v) is 15.4. The number of hydrogen-bond acceptors (Lipinski definition) is 5. The molecular formula is C17H24N2O5S. The quantitative estimate of drug-likeness (QED) is 0.676. The molecule has 1 unspecified atom stereocenters. The summed E-state index contributed by atoms with van der Waals surface area (Å²) in [6.07, 6.45) is 1.70. The molecule has 0 spiro atoms. The summed E-state index contributed by atoms with van der Waals surface area (Å²) in [4.78, 5) is 23.8. The summed E-state index contributed by atoms with van der Waals surface area (Å²) in [5, 5.41) is 2.74. The summed E-state index contributed by atoms with van der Waals surface area (Å²) in [5.74, 6) is -0.771. The van der Waals surface area contributed by atoms with Gasteiger partial charge in [0.25, 0.3) is 5.91 Å². The van der Waals surface area contributed by atoms with E-state index in [1.807, 2.05) is 20.8 Å². The highest BCUT2D eigenvalue weighted by Crippen LogP contribution is 2.22. The normalized spacial score (nSPS) is 15.7. The number of benzene rings is 1. The number of rotatable bonds is 8. The third-order valence-electron chi connectivity index (χ3n) is 4.02. The van der Waals surface area contributed by atoms with E-state index in [9.17, 15) is 18.0 Å². The van der Waals surface area contributed by atoms with E-state index in [4.69, 9.17) is 4.74 Å². The van der Waals surface area contributed by atoms with Crippen LogP contribution in [0.5, 0.6) is 0 Å². The minimum absolute atomic E-state index is 0.0152. The van der Waals surface area contributed by atoms with Gasteiger partial charge in [0.1, 0.15) is 0 Å². The van der Waals surface area contributed by atoms with Gasteiger partial charge in [0.15, 0.2) is 6.61 Å². The van der Waals surface area contributed by atoms with Gasteiger partial charge in [-0.25, -0.2) is 17.9 Å². The van der Waals surface area contributed by atoms with Gasteiger partial charge in [0, 0.05) is 12.1 Å². The van der Waals surface area contributed by atoms with Gasteiger partial charge in [-0.2, -0.15) is 0 Å². The Morgan fingerprint density at radius 1 is 1.16 bits per heavy atom. The van der Waals surface area contributed by atoms with Crippen LogP contribution in [0.25, 0.3) is 0 Å². The summed E-state index contributed by atoms with van der Waals surface area (Å²) >= 11 is 0. The number of carbonyl (C=O) groups is 2. The second kappa shape index (κ2) is 7.97. The smallest absolute Gasteiger partial charge is 0.338 e. The molecule has 8 heteroatoms. The lowest BCUT2D eigenvalue weighted by Gasteiger charge is -2.17. The van der Waals surface area contributed by atoms with E-state index in [-0.39, 0.29) is 41.0 Å². The van der Waals surface area contributed by atoms with Crippen molar-refractivity contribution in [2.24, 2.45) is 5.92 Å². The van der Waals surface area contributed by atoms with E-state index in [1.54, 1.807) is 0 Å². The highest BCUT2D eigenvalue weighted by atomic mass is 32.2. The molecule has 0 radical (unpaired) electrons. The molecule has 1 atom stereocenters. The van der Waals surface area contributed by atoms with E-state index in [2.05, 4.69) is 10.0 Å². The highest BCUT2D eigenvalue weighted by Gasteiger charge is 2.28. The lowest BCUT2D eigenvalue weighted by molar-refractivity contribution is -0.125. The minimum atomic E-state index is -3.55. The molecule has 1 amide bonds. The second-order valence-corrected chi connectivity index (χ2v) is 8.31. The van der Waals surface area contributed by atoms with Crippen LogP contribution in [0.15, 0.2) is 29.2 Å². The fourth-order valence-electron chi connectivity index (χ4n) is 1.94. The first-order chi connectivity index (χ1) is 11.7. The van der Waals surface area contributed by atoms with Gasteiger partial charge in [-0.1, -0.05) is 13.8 Å². The largest absolute Gasteiger partial charge is 0.452 e. The summed E-state index contributed by atoms with van der Waals surface area (Å²) in [5.41, 5.74) is 0.190. The van der Waals surface area contributed by atoms with E-state index in [0.29, 0.717) is 0 Å². The number of carbonyl (C=O) groups excluding carboxylic acids is 2. The molecule has 7 nitrogen and oxygen atoms in total. The minimum Gasteiger partial charge on any atom is -0.452 e. The SMILES string of the molecule is CC(C)C(C)NC(=O)COC(=O)c1ccc(S(=O)(=O)NC2CC2)cc1. The Morgan fingerprint density at radius 2 is 1.76 bits per heavy atom. The Kier molecular flexibility index (Phi) is 6.18. The van der Waals surface area contributed by atoms with Gasteiger partial charge in [0.05, 0.1) is 10.5 Å². The van der Waals surface area contributed by atoms with E-state index in [0.717, 1.165) is 12.8 Å². The zero-order chi connectivity index (χ0) is 18.6. The third-order valence-corrected chi connectivity index (χ3v) is 5.56. The fourth-order valence-corrected chi connectivity index (χ4v) is 3.24. The molecule has 0 saturated heterocycles. The Hall–Kier alpha value is -1.93. The molecule has 1 aromatic rings. The van der Waals surface area contributed by atoms with Crippen LogP contribution in [0.4, 0.5) is 0 Å². The van der Waals surface area contributed by atoms with Crippen molar-refractivity contribution in [2.75, 3.05) is 6.61 Å². The maximum atomic E-state index is 12.1. The Labute approximate surface area is 148 Å². The topological polar surface area (TPSA) is 102 Å². The standard InChI is InChI=1S/C17H24N2O5S/c1-11(2)12(3)18-16(20)10-24-17(21)13-4-8-15(9-5-13)25(22,23)19-14-6-7-14/h4-5,8-9,11-12,14,19H,6-7,10H2,1-3H3,(H,18,20). The van der Waals surface area contributed by atoms with Gasteiger partial charge in [-0.3, -0.25) is 4.79 Å². The summed E-state index contributed by atoms with van der Waals surface area (Å²) < 4.78 is 31.6. The molecule has 1 aromatic carbocycles. The number of esters is 1. The number of amides is 1. The van der Waals surface area contributed by atoms with Crippen LogP contribution in [-0.4, -0.2) is 39.0 Å². The van der Waals surface area contributed by atoms with Gasteiger partial charge < -0.3 is 10.1 Å². The van der Waals surface area contributed by atoms with Crippen molar-refractivity contribution in [1.82, 2.24) is 10.0 Å². The van der Waals surface area contributed by atoms with E-state index in [1.165, 1.54) is 24.3 Å². The number of nitrogens with one attached hydrogen (secondary N) is 2. The number of hydrogen-bond donors (Lipinski definition) is 2. The predicted octanol–water partition coefficient (Wildman–Crippen LogP) is 1.44. The molecule has 2 N–H and O–H groups in total. The summed E-state index contributed by atoms with van der Waals surface area (Å²) in [6, 6.07) is 5.44. The van der Waals surface area contributed by atoms with Gasteiger partial charge >= 0.3 is 5.97 Å². The molecule has 0 aromatic heterocycles. The highest BCUT2D eigenvalue weighted by molar-refractivity contribution is 7.89. The molecule has 1 aliphatic rings. The van der Waals surface area contributed by atoms with Crippen LogP contribution in [0.2, 0.25) is 0 Å². The summed E-state index contributed by atoms with van der Waals surface area (Å²) in [7, 11) is -3.55. The van der Waals surface area contributed by atoms with Gasteiger partial charge in [-0.05, 0) is 49.9 Å². The first-order valence-electron chi connectivity index (χ1n) is 8.28. The molecule has 138 valence electrons. The number of sulfonamides is 1. The second-order valence-electron chi connectivity index (χ2n) is 6.60. The van der Waals surface area contributed by atoms with E-state index < -0.39 is 16.0 Å². The predicted molar refractivity (Wildman–Crippen MR) is 92.5 cm³/mol. The average Bonchev–Trinajstić information content (AvgIpc) is 3.35. The molecule has 1 saturated carbocycles. The first kappa shape index (κ1) is 19.4. The van der Waals surface area contributed by atoms with Crippen LogP contribution in [0.3, 0.4) is 0 Å². The Balaban J connectivity index is 1.88. The molecular weight excluding hydrogens is 344 g/mol. The fraction of sp³-hybridized carbons (Fsp3) is 0.529. The van der Waals surface area contributed by atoms with Crippen molar-refractivity contribution in [1.29, 1.82) is 0 Å². The van der Waals surface area contributed by atoms with Crippen LogP contribution in [0, 0.1) is 5.92 Å². The van der Waals surface area contributed by atoms with Crippen LogP contribution in [-0.2, 0) is 19.6 Å². The lowest BCUT2D eigenvalue weighted by atomic mass is 10.1. The monoisotopic (exact) mass is 368 g/mol. The molecule has 2 rings (SSSR count). The Morgan fingerprint density at radius 3 is 2.28 bits per heavy atom. The van der Waals surface area contributed by atoms with Crippen molar-refractivity contribution in [3.63, 3.8) is 0 Å². The van der Waals surface area contributed by atoms with Crippen LogP contribution < -0.4 is 10.0 Å². The zero-order valence-electron chi connectivity index (χ0n) is 14.6. The molecule has 1 fully saturated rings. The molecule has 0 heterocycles. The molecule has 1 aliphatic carbocycles. The first-order valence-corrected chi connectivity index (χ1v) is 9.76. The average molecular weight is 368 g/mol. The van der Waals surface area contributed by atoms with Crippen molar-refractivity contribution < 1.29 is 22.7 Å². The maximum Gasteiger partial charge on any atom is 0.338 e. The van der Waals surface area contributed by atoms with Crippen LogP contribution >= 0.6 is 0 Å². The van der Waals surface area contributed by atoms with Crippen molar-refractivity contribution in [3.05, 3.63) is 29.8 Å². The van der Waals surface area contributed by atoms with Gasteiger partial charge in [-0.15, -0.1) is 0 Å². The Bertz CT molecular complexity index is 724.